The number of pyridine rings is 1. The Morgan fingerprint density at radius 2 is 2.10 bits per heavy atom. The molecule has 2 rings (SSSR count). The molecule has 0 amide bonds. The molecule has 0 radical (unpaired) electrons. The average molecular weight is 313 g/mol. The first-order valence-electron chi connectivity index (χ1n) is 6.42. The van der Waals surface area contributed by atoms with Gasteiger partial charge in [-0.1, -0.05) is 36.2 Å². The van der Waals surface area contributed by atoms with E-state index in [0.29, 0.717) is 21.3 Å². The van der Waals surface area contributed by atoms with Gasteiger partial charge in [-0.3, -0.25) is 4.98 Å². The summed E-state index contributed by atoms with van der Waals surface area (Å²) >= 11 is 12.0. The molecule has 0 saturated heterocycles. The van der Waals surface area contributed by atoms with Crippen molar-refractivity contribution in [2.45, 2.75) is 19.4 Å². The number of rotatable bonds is 5. The molecule has 106 valence electrons. The van der Waals surface area contributed by atoms with Gasteiger partial charge in [-0.25, -0.2) is 4.39 Å². The lowest BCUT2D eigenvalue weighted by Crippen LogP contribution is -2.25. The maximum atomic E-state index is 14.1. The van der Waals surface area contributed by atoms with Crippen molar-refractivity contribution in [1.29, 1.82) is 0 Å². The maximum Gasteiger partial charge on any atom is 0.129 e. The van der Waals surface area contributed by atoms with Crippen LogP contribution >= 0.6 is 23.2 Å². The smallest absolute Gasteiger partial charge is 0.129 e. The molecule has 1 atom stereocenters. The minimum absolute atomic E-state index is 0.368. The van der Waals surface area contributed by atoms with Crippen LogP contribution in [0.2, 0.25) is 10.0 Å². The van der Waals surface area contributed by atoms with Crippen molar-refractivity contribution in [3.8, 4) is 0 Å². The van der Waals surface area contributed by atoms with Gasteiger partial charge in [0, 0.05) is 16.8 Å². The molecule has 0 bridgehead atoms. The van der Waals surface area contributed by atoms with E-state index < -0.39 is 0 Å². The number of halogens is 3. The van der Waals surface area contributed by atoms with Crippen LogP contribution in [0.15, 0.2) is 36.5 Å². The van der Waals surface area contributed by atoms with E-state index in [-0.39, 0.29) is 11.9 Å². The molecule has 1 heterocycles. The van der Waals surface area contributed by atoms with Crippen LogP contribution in [0.3, 0.4) is 0 Å². The minimum Gasteiger partial charge on any atom is -0.305 e. The van der Waals surface area contributed by atoms with E-state index in [0.717, 1.165) is 13.0 Å². The Morgan fingerprint density at radius 3 is 2.75 bits per heavy atom. The Hall–Kier alpha value is -1.16. The SMILES string of the molecule is CCCNC(c1ccc(Cl)cc1F)c1ncccc1Cl. The Bertz CT molecular complexity index is 590. The van der Waals surface area contributed by atoms with Crippen LogP contribution < -0.4 is 5.32 Å². The van der Waals surface area contributed by atoms with Crippen LogP contribution in [0, 0.1) is 5.82 Å². The Balaban J connectivity index is 2.44. The first-order chi connectivity index (χ1) is 9.63. The Labute approximate surface area is 127 Å². The number of nitrogens with zero attached hydrogens (tertiary/aromatic N) is 1. The zero-order chi connectivity index (χ0) is 14.5. The van der Waals surface area contributed by atoms with E-state index in [1.54, 1.807) is 30.5 Å². The molecule has 1 aromatic heterocycles. The molecule has 2 nitrogen and oxygen atoms in total. The summed E-state index contributed by atoms with van der Waals surface area (Å²) in [5.74, 6) is -0.368. The van der Waals surface area contributed by atoms with Gasteiger partial charge in [-0.05, 0) is 37.2 Å². The highest BCUT2D eigenvalue weighted by Crippen LogP contribution is 2.29. The monoisotopic (exact) mass is 312 g/mol. The van der Waals surface area contributed by atoms with Crippen molar-refractivity contribution in [2.24, 2.45) is 0 Å². The fourth-order valence-electron chi connectivity index (χ4n) is 1.99. The predicted octanol–water partition coefficient (Wildman–Crippen LogP) is 4.62. The maximum absolute atomic E-state index is 14.1. The van der Waals surface area contributed by atoms with E-state index in [4.69, 9.17) is 23.2 Å². The van der Waals surface area contributed by atoms with Gasteiger partial charge in [-0.15, -0.1) is 0 Å². The zero-order valence-electron chi connectivity index (χ0n) is 11.0. The molecular formula is C15H15Cl2FN2. The third-order valence-electron chi connectivity index (χ3n) is 2.93. The van der Waals surface area contributed by atoms with Crippen molar-refractivity contribution in [3.05, 3.63) is 63.6 Å². The van der Waals surface area contributed by atoms with E-state index in [1.807, 2.05) is 6.92 Å². The first-order valence-corrected chi connectivity index (χ1v) is 7.17. The highest BCUT2D eigenvalue weighted by Gasteiger charge is 2.21. The molecule has 0 saturated carbocycles. The highest BCUT2D eigenvalue weighted by atomic mass is 35.5. The van der Waals surface area contributed by atoms with Crippen molar-refractivity contribution in [3.63, 3.8) is 0 Å². The molecule has 0 fully saturated rings. The van der Waals surface area contributed by atoms with Gasteiger partial charge >= 0.3 is 0 Å². The van der Waals surface area contributed by atoms with E-state index in [1.165, 1.54) is 6.07 Å². The number of aromatic nitrogens is 1. The molecule has 0 aliphatic rings. The summed E-state index contributed by atoms with van der Waals surface area (Å²) in [4.78, 5) is 4.28. The lowest BCUT2D eigenvalue weighted by atomic mass is 10.0. The number of benzene rings is 1. The molecule has 20 heavy (non-hydrogen) atoms. The van der Waals surface area contributed by atoms with Crippen LogP contribution in [0.5, 0.6) is 0 Å². The quantitative estimate of drug-likeness (QED) is 0.871. The van der Waals surface area contributed by atoms with Gasteiger partial charge in [0.2, 0.25) is 0 Å². The topological polar surface area (TPSA) is 24.9 Å². The van der Waals surface area contributed by atoms with Crippen LogP contribution in [-0.4, -0.2) is 11.5 Å². The molecule has 1 aromatic carbocycles. The number of hydrogen-bond donors (Lipinski definition) is 1. The second-order valence-electron chi connectivity index (χ2n) is 4.42. The van der Waals surface area contributed by atoms with E-state index in [9.17, 15) is 4.39 Å². The zero-order valence-corrected chi connectivity index (χ0v) is 12.5. The van der Waals surface area contributed by atoms with Crippen molar-refractivity contribution < 1.29 is 4.39 Å². The van der Waals surface area contributed by atoms with Gasteiger partial charge in [0.05, 0.1) is 16.8 Å². The lowest BCUT2D eigenvalue weighted by Gasteiger charge is -2.20. The van der Waals surface area contributed by atoms with Gasteiger partial charge in [0.15, 0.2) is 0 Å². The molecule has 1 N–H and O–H groups in total. The van der Waals surface area contributed by atoms with Gasteiger partial charge in [0.1, 0.15) is 5.82 Å². The molecule has 1 unspecified atom stereocenters. The fraction of sp³-hybridized carbons (Fsp3) is 0.267. The second-order valence-corrected chi connectivity index (χ2v) is 5.27. The fourth-order valence-corrected chi connectivity index (χ4v) is 2.38. The van der Waals surface area contributed by atoms with E-state index in [2.05, 4.69) is 10.3 Å². The summed E-state index contributed by atoms with van der Waals surface area (Å²) in [6, 6.07) is 7.74. The van der Waals surface area contributed by atoms with Gasteiger partial charge in [0.25, 0.3) is 0 Å². The van der Waals surface area contributed by atoms with Gasteiger partial charge in [-0.2, -0.15) is 0 Å². The first kappa shape index (κ1) is 15.2. The summed E-state index contributed by atoms with van der Waals surface area (Å²) in [7, 11) is 0. The predicted molar refractivity (Wildman–Crippen MR) is 80.8 cm³/mol. The summed E-state index contributed by atoms with van der Waals surface area (Å²) in [6.07, 6.45) is 2.58. The normalized spacial score (nSPS) is 12.4. The molecule has 5 heteroatoms. The Morgan fingerprint density at radius 1 is 1.30 bits per heavy atom. The molecule has 2 aromatic rings. The average Bonchev–Trinajstić information content (AvgIpc) is 2.42. The highest BCUT2D eigenvalue weighted by molar-refractivity contribution is 6.31. The van der Waals surface area contributed by atoms with Crippen LogP contribution in [0.1, 0.15) is 30.6 Å². The van der Waals surface area contributed by atoms with Crippen molar-refractivity contribution in [1.82, 2.24) is 10.3 Å². The Kier molecular flexibility index (Phi) is 5.35. The molecule has 0 aliphatic carbocycles. The standard InChI is InChI=1S/C15H15Cl2FN2/c1-2-7-19-14(15-12(17)4-3-8-20-15)11-6-5-10(16)9-13(11)18/h3-6,8-9,14,19H,2,7H2,1H3. The number of hydrogen-bond acceptors (Lipinski definition) is 2. The van der Waals surface area contributed by atoms with Crippen LogP contribution in [0.4, 0.5) is 4.39 Å². The summed E-state index contributed by atoms with van der Waals surface area (Å²) in [6.45, 7) is 2.78. The van der Waals surface area contributed by atoms with Crippen molar-refractivity contribution in [2.75, 3.05) is 6.54 Å². The summed E-state index contributed by atoms with van der Waals surface area (Å²) in [5.41, 5.74) is 1.10. The third kappa shape index (κ3) is 3.48. The van der Waals surface area contributed by atoms with Gasteiger partial charge < -0.3 is 5.32 Å². The molecule has 0 aliphatic heterocycles. The second kappa shape index (κ2) is 7.02. The summed E-state index contributed by atoms with van der Waals surface area (Å²) < 4.78 is 14.1. The van der Waals surface area contributed by atoms with E-state index >= 15 is 0 Å². The third-order valence-corrected chi connectivity index (χ3v) is 3.49. The molecular weight excluding hydrogens is 298 g/mol. The van der Waals surface area contributed by atoms with Crippen molar-refractivity contribution >= 4 is 23.2 Å². The number of nitrogens with one attached hydrogen (secondary N) is 1. The lowest BCUT2D eigenvalue weighted by molar-refractivity contribution is 0.539. The molecule has 0 spiro atoms. The van der Waals surface area contributed by atoms with Crippen LogP contribution in [0.25, 0.3) is 0 Å². The van der Waals surface area contributed by atoms with Crippen LogP contribution in [-0.2, 0) is 0 Å². The summed E-state index contributed by atoms with van der Waals surface area (Å²) in [5, 5.41) is 4.15. The minimum atomic E-state index is -0.388. The largest absolute Gasteiger partial charge is 0.305 e.